The second kappa shape index (κ2) is 5.74. The number of benzene rings is 2. The van der Waals surface area contributed by atoms with Gasteiger partial charge in [0, 0.05) is 12.1 Å². The van der Waals surface area contributed by atoms with Gasteiger partial charge in [0.15, 0.2) is 11.6 Å². The maximum absolute atomic E-state index is 13.5. The number of rotatable bonds is 4. The SMILES string of the molecule is O=S(=O)(Nc1cc(F)cc(F)c1F)c1cccc(CO)c1. The summed E-state index contributed by atoms with van der Waals surface area (Å²) in [7, 11) is -4.24. The number of hydrogen-bond donors (Lipinski definition) is 2. The first-order valence-electron chi connectivity index (χ1n) is 5.70. The van der Waals surface area contributed by atoms with E-state index in [0.717, 1.165) is 6.07 Å². The van der Waals surface area contributed by atoms with Crippen LogP contribution in [-0.4, -0.2) is 13.5 Å². The normalized spacial score (nSPS) is 11.4. The number of anilines is 1. The molecule has 2 rings (SSSR count). The number of aliphatic hydroxyl groups is 1. The third-order valence-electron chi connectivity index (χ3n) is 2.63. The quantitative estimate of drug-likeness (QED) is 0.851. The summed E-state index contributed by atoms with van der Waals surface area (Å²) in [5.41, 5.74) is -0.509. The molecule has 0 atom stereocenters. The molecule has 0 unspecified atom stereocenters. The van der Waals surface area contributed by atoms with Crippen LogP contribution in [0.1, 0.15) is 5.56 Å². The van der Waals surface area contributed by atoms with Crippen molar-refractivity contribution < 1.29 is 26.7 Å². The molecule has 0 spiro atoms. The lowest BCUT2D eigenvalue weighted by atomic mass is 10.2. The van der Waals surface area contributed by atoms with Crippen LogP contribution in [0.4, 0.5) is 18.9 Å². The summed E-state index contributed by atoms with van der Waals surface area (Å²) in [5, 5.41) is 8.96. The van der Waals surface area contributed by atoms with Gasteiger partial charge >= 0.3 is 0 Å². The molecule has 0 bridgehead atoms. The molecule has 0 heterocycles. The fraction of sp³-hybridized carbons (Fsp3) is 0.0769. The van der Waals surface area contributed by atoms with Crippen LogP contribution in [0.5, 0.6) is 0 Å². The number of hydrogen-bond acceptors (Lipinski definition) is 3. The van der Waals surface area contributed by atoms with E-state index in [9.17, 15) is 21.6 Å². The molecule has 0 amide bonds. The summed E-state index contributed by atoms with van der Waals surface area (Å²) < 4.78 is 65.4. The Morgan fingerprint density at radius 2 is 1.81 bits per heavy atom. The van der Waals surface area contributed by atoms with Crippen molar-refractivity contribution in [3.05, 3.63) is 59.4 Å². The summed E-state index contributed by atoms with van der Waals surface area (Å²) in [4.78, 5) is -0.266. The molecule has 2 aromatic carbocycles. The Bertz CT molecular complexity index is 778. The lowest BCUT2D eigenvalue weighted by Gasteiger charge is -2.10. The molecular formula is C13H10F3NO3S. The molecule has 0 fully saturated rings. The van der Waals surface area contributed by atoms with E-state index in [0.29, 0.717) is 17.7 Å². The lowest BCUT2D eigenvalue weighted by molar-refractivity contribution is 0.281. The molecular weight excluding hydrogens is 307 g/mol. The molecule has 2 aromatic rings. The van der Waals surface area contributed by atoms with Crippen LogP contribution in [0.15, 0.2) is 41.3 Å². The molecule has 0 aliphatic carbocycles. The summed E-state index contributed by atoms with van der Waals surface area (Å²) in [6.45, 7) is -0.383. The largest absolute Gasteiger partial charge is 0.392 e. The highest BCUT2D eigenvalue weighted by Gasteiger charge is 2.19. The van der Waals surface area contributed by atoms with Crippen molar-refractivity contribution in [3.63, 3.8) is 0 Å². The Labute approximate surface area is 118 Å². The van der Waals surface area contributed by atoms with Crippen LogP contribution in [0, 0.1) is 17.5 Å². The Hall–Kier alpha value is -2.06. The van der Waals surface area contributed by atoms with Gasteiger partial charge in [-0.2, -0.15) is 0 Å². The maximum atomic E-state index is 13.5. The predicted octanol–water partition coefficient (Wildman–Crippen LogP) is 2.40. The standard InChI is InChI=1S/C13H10F3NO3S/c14-9-5-11(15)13(16)12(6-9)17-21(19,20)10-3-1-2-8(4-10)7-18/h1-6,17-18H,7H2. The molecule has 2 N–H and O–H groups in total. The average molecular weight is 317 g/mol. The summed E-state index contributed by atoms with van der Waals surface area (Å²) in [5.74, 6) is -4.12. The number of sulfonamides is 1. The van der Waals surface area contributed by atoms with Gasteiger partial charge in [-0.3, -0.25) is 4.72 Å². The van der Waals surface area contributed by atoms with E-state index in [2.05, 4.69) is 0 Å². The molecule has 8 heteroatoms. The fourth-order valence-corrected chi connectivity index (χ4v) is 2.77. The first-order chi connectivity index (χ1) is 9.83. The summed E-state index contributed by atoms with van der Waals surface area (Å²) in [6, 6.07) is 6.07. The van der Waals surface area contributed by atoms with Crippen molar-refractivity contribution in [3.8, 4) is 0 Å². The highest BCUT2D eigenvalue weighted by Crippen LogP contribution is 2.23. The fourth-order valence-electron chi connectivity index (χ4n) is 1.64. The minimum absolute atomic E-state index is 0.266. The van der Waals surface area contributed by atoms with Gasteiger partial charge in [-0.05, 0) is 17.7 Å². The van der Waals surface area contributed by atoms with Gasteiger partial charge in [0.25, 0.3) is 10.0 Å². The maximum Gasteiger partial charge on any atom is 0.262 e. The van der Waals surface area contributed by atoms with Crippen molar-refractivity contribution in [2.75, 3.05) is 4.72 Å². The van der Waals surface area contributed by atoms with Crippen molar-refractivity contribution in [1.29, 1.82) is 0 Å². The molecule has 4 nitrogen and oxygen atoms in total. The van der Waals surface area contributed by atoms with Gasteiger partial charge < -0.3 is 5.11 Å². The Kier molecular flexibility index (Phi) is 4.19. The number of halogens is 3. The van der Waals surface area contributed by atoms with Crippen molar-refractivity contribution in [1.82, 2.24) is 0 Å². The molecule has 112 valence electrons. The molecule has 0 saturated carbocycles. The summed E-state index contributed by atoms with van der Waals surface area (Å²) in [6.07, 6.45) is 0. The second-order valence-electron chi connectivity index (χ2n) is 4.16. The molecule has 0 aliphatic rings. The lowest BCUT2D eigenvalue weighted by Crippen LogP contribution is -2.15. The molecule has 21 heavy (non-hydrogen) atoms. The highest BCUT2D eigenvalue weighted by atomic mass is 32.2. The predicted molar refractivity (Wildman–Crippen MR) is 69.5 cm³/mol. The van der Waals surface area contributed by atoms with Crippen LogP contribution >= 0.6 is 0 Å². The van der Waals surface area contributed by atoms with E-state index in [1.165, 1.54) is 18.2 Å². The van der Waals surface area contributed by atoms with Crippen LogP contribution in [0.25, 0.3) is 0 Å². The average Bonchev–Trinajstić information content (AvgIpc) is 2.44. The van der Waals surface area contributed by atoms with E-state index in [1.807, 2.05) is 0 Å². The number of aliphatic hydroxyl groups excluding tert-OH is 1. The minimum Gasteiger partial charge on any atom is -0.392 e. The second-order valence-corrected chi connectivity index (χ2v) is 5.84. The van der Waals surface area contributed by atoms with Gasteiger partial charge in [0.1, 0.15) is 5.82 Å². The van der Waals surface area contributed by atoms with Gasteiger partial charge in [0.2, 0.25) is 0 Å². The van der Waals surface area contributed by atoms with Crippen molar-refractivity contribution in [2.45, 2.75) is 11.5 Å². The van der Waals surface area contributed by atoms with E-state index in [1.54, 1.807) is 4.72 Å². The zero-order valence-electron chi connectivity index (χ0n) is 10.5. The molecule has 0 radical (unpaired) electrons. The molecule has 0 saturated heterocycles. The first kappa shape index (κ1) is 15.3. The van der Waals surface area contributed by atoms with Crippen LogP contribution in [0.3, 0.4) is 0 Å². The van der Waals surface area contributed by atoms with Crippen LogP contribution < -0.4 is 4.72 Å². The van der Waals surface area contributed by atoms with Gasteiger partial charge in [-0.1, -0.05) is 12.1 Å². The molecule has 0 aliphatic heterocycles. The van der Waals surface area contributed by atoms with Gasteiger partial charge in [-0.25, -0.2) is 21.6 Å². The van der Waals surface area contributed by atoms with E-state index < -0.39 is 33.2 Å². The monoisotopic (exact) mass is 317 g/mol. The van der Waals surface area contributed by atoms with Crippen LogP contribution in [-0.2, 0) is 16.6 Å². The van der Waals surface area contributed by atoms with Crippen molar-refractivity contribution in [2.24, 2.45) is 0 Å². The van der Waals surface area contributed by atoms with Gasteiger partial charge in [-0.15, -0.1) is 0 Å². The van der Waals surface area contributed by atoms with E-state index in [-0.39, 0.29) is 11.5 Å². The summed E-state index contributed by atoms with van der Waals surface area (Å²) >= 11 is 0. The Balaban J connectivity index is 2.42. The van der Waals surface area contributed by atoms with Crippen LogP contribution in [0.2, 0.25) is 0 Å². The minimum atomic E-state index is -4.24. The van der Waals surface area contributed by atoms with E-state index in [4.69, 9.17) is 5.11 Å². The molecule has 0 aromatic heterocycles. The van der Waals surface area contributed by atoms with Gasteiger partial charge in [0.05, 0.1) is 17.2 Å². The smallest absolute Gasteiger partial charge is 0.262 e. The Morgan fingerprint density at radius 1 is 1.10 bits per heavy atom. The third kappa shape index (κ3) is 3.34. The zero-order valence-corrected chi connectivity index (χ0v) is 11.3. The Morgan fingerprint density at radius 3 is 2.48 bits per heavy atom. The first-order valence-corrected chi connectivity index (χ1v) is 7.19. The highest BCUT2D eigenvalue weighted by molar-refractivity contribution is 7.92. The number of nitrogens with one attached hydrogen (secondary N) is 1. The topological polar surface area (TPSA) is 66.4 Å². The van der Waals surface area contributed by atoms with E-state index >= 15 is 0 Å². The zero-order chi connectivity index (χ0) is 15.6. The van der Waals surface area contributed by atoms with Crippen molar-refractivity contribution >= 4 is 15.7 Å². The third-order valence-corrected chi connectivity index (χ3v) is 3.99.